The van der Waals surface area contributed by atoms with Gasteiger partial charge in [0.1, 0.15) is 6.04 Å². The van der Waals surface area contributed by atoms with E-state index in [1.54, 1.807) is 4.90 Å². The lowest BCUT2D eigenvalue weighted by molar-refractivity contribution is -0.141. The van der Waals surface area contributed by atoms with Gasteiger partial charge in [-0.2, -0.15) is 0 Å². The molecule has 0 radical (unpaired) electrons. The molecule has 1 unspecified atom stereocenters. The summed E-state index contributed by atoms with van der Waals surface area (Å²) >= 11 is 3.50. The van der Waals surface area contributed by atoms with Gasteiger partial charge in [-0.3, -0.25) is 9.59 Å². The molecule has 0 saturated carbocycles. The Morgan fingerprint density at radius 3 is 1.79 bits per heavy atom. The Balaban J connectivity index is 1.71. The van der Waals surface area contributed by atoms with Gasteiger partial charge in [0.2, 0.25) is 11.8 Å². The molecule has 38 heavy (non-hydrogen) atoms. The van der Waals surface area contributed by atoms with E-state index in [1.165, 1.54) is 0 Å². The molecule has 0 saturated heterocycles. The van der Waals surface area contributed by atoms with Gasteiger partial charge >= 0.3 is 0 Å². The summed E-state index contributed by atoms with van der Waals surface area (Å²) in [5.41, 5.74) is 4.14. The Bertz CT molecular complexity index is 1260. The van der Waals surface area contributed by atoms with Crippen LogP contribution < -0.4 is 5.32 Å². The number of hydrogen-bond donors (Lipinski definition) is 1. The second kappa shape index (κ2) is 13.7. The fourth-order valence-corrected chi connectivity index (χ4v) is 4.99. The molecule has 0 fully saturated rings. The highest BCUT2D eigenvalue weighted by atomic mass is 79.9. The molecule has 0 aliphatic heterocycles. The quantitative estimate of drug-likeness (QED) is 0.217. The first kappa shape index (κ1) is 27.3. The summed E-state index contributed by atoms with van der Waals surface area (Å²) in [4.78, 5) is 29.5. The van der Waals surface area contributed by atoms with Crippen molar-refractivity contribution in [1.82, 2.24) is 10.2 Å². The van der Waals surface area contributed by atoms with Crippen LogP contribution in [-0.2, 0) is 22.6 Å². The summed E-state index contributed by atoms with van der Waals surface area (Å²) in [6, 6.07) is 37.4. The van der Waals surface area contributed by atoms with E-state index in [4.69, 9.17) is 0 Å². The van der Waals surface area contributed by atoms with Crippen LogP contribution in [0.25, 0.3) is 0 Å². The van der Waals surface area contributed by atoms with Crippen molar-refractivity contribution in [3.63, 3.8) is 0 Å². The Kier molecular flexibility index (Phi) is 9.88. The molecule has 4 rings (SSSR count). The van der Waals surface area contributed by atoms with Crippen molar-refractivity contribution >= 4 is 27.7 Å². The molecule has 0 heterocycles. The number of benzene rings is 4. The fourth-order valence-electron chi connectivity index (χ4n) is 4.72. The third-order valence-electron chi connectivity index (χ3n) is 6.67. The van der Waals surface area contributed by atoms with E-state index in [9.17, 15) is 9.59 Å². The van der Waals surface area contributed by atoms with Crippen molar-refractivity contribution < 1.29 is 9.59 Å². The molecule has 4 aromatic rings. The Labute approximate surface area is 233 Å². The van der Waals surface area contributed by atoms with E-state index in [0.29, 0.717) is 19.5 Å². The lowest BCUT2D eigenvalue weighted by atomic mass is 9.87. The van der Waals surface area contributed by atoms with Crippen LogP contribution >= 0.6 is 15.9 Å². The number of amides is 2. The molecule has 0 bridgehead atoms. The first-order valence-electron chi connectivity index (χ1n) is 13.0. The maximum Gasteiger partial charge on any atom is 0.243 e. The summed E-state index contributed by atoms with van der Waals surface area (Å²) in [6.45, 7) is 2.75. The molecule has 4 nitrogen and oxygen atoms in total. The number of nitrogens with one attached hydrogen (secondary N) is 1. The topological polar surface area (TPSA) is 49.4 Å². The van der Waals surface area contributed by atoms with E-state index in [-0.39, 0.29) is 24.2 Å². The normalized spacial score (nSPS) is 11.7. The number of hydrogen-bond acceptors (Lipinski definition) is 2. The minimum atomic E-state index is -0.638. The molecular formula is C33H33BrN2O2. The van der Waals surface area contributed by atoms with Gasteiger partial charge in [0.05, 0.1) is 0 Å². The molecule has 0 aromatic heterocycles. The number of rotatable bonds is 11. The highest BCUT2D eigenvalue weighted by Gasteiger charge is 2.32. The second-order valence-corrected chi connectivity index (χ2v) is 10.2. The minimum Gasteiger partial charge on any atom is -0.355 e. The average Bonchev–Trinajstić information content (AvgIpc) is 2.96. The molecule has 1 N–H and O–H groups in total. The molecule has 0 aliphatic carbocycles. The third-order valence-corrected chi connectivity index (χ3v) is 7.20. The highest BCUT2D eigenvalue weighted by Crippen LogP contribution is 2.30. The van der Waals surface area contributed by atoms with Gasteiger partial charge in [0.25, 0.3) is 0 Å². The van der Waals surface area contributed by atoms with E-state index >= 15 is 0 Å². The van der Waals surface area contributed by atoms with E-state index in [0.717, 1.165) is 26.7 Å². The predicted octanol–water partition coefficient (Wildman–Crippen LogP) is 6.75. The number of carbonyl (C=O) groups is 2. The zero-order valence-corrected chi connectivity index (χ0v) is 23.2. The third kappa shape index (κ3) is 7.42. The van der Waals surface area contributed by atoms with Gasteiger partial charge < -0.3 is 10.2 Å². The average molecular weight is 570 g/mol. The molecule has 0 spiro atoms. The Hall–Kier alpha value is -3.70. The molecule has 2 amide bonds. The van der Waals surface area contributed by atoms with E-state index < -0.39 is 6.04 Å². The van der Waals surface area contributed by atoms with Crippen LogP contribution in [0.3, 0.4) is 0 Å². The molecule has 0 aliphatic rings. The molecule has 5 heteroatoms. The first-order valence-corrected chi connectivity index (χ1v) is 13.8. The Morgan fingerprint density at radius 2 is 1.26 bits per heavy atom. The van der Waals surface area contributed by atoms with Crippen molar-refractivity contribution in [2.75, 3.05) is 6.54 Å². The maximum absolute atomic E-state index is 14.2. The van der Waals surface area contributed by atoms with Gasteiger partial charge in [-0.1, -0.05) is 119 Å². The van der Waals surface area contributed by atoms with Crippen molar-refractivity contribution in [1.29, 1.82) is 0 Å². The predicted molar refractivity (Wildman–Crippen MR) is 157 cm³/mol. The molecule has 194 valence electrons. The van der Waals surface area contributed by atoms with Crippen LogP contribution in [0.1, 0.15) is 41.5 Å². The maximum atomic E-state index is 14.2. The van der Waals surface area contributed by atoms with Gasteiger partial charge in [-0.15, -0.1) is 0 Å². The minimum absolute atomic E-state index is 0.0576. The first-order chi connectivity index (χ1) is 18.5. The van der Waals surface area contributed by atoms with Crippen molar-refractivity contribution in [3.8, 4) is 0 Å². The van der Waals surface area contributed by atoms with Crippen LogP contribution in [0.4, 0.5) is 0 Å². The molecular weight excluding hydrogens is 536 g/mol. The lowest BCUT2D eigenvalue weighted by Crippen LogP contribution is -2.50. The number of halogens is 1. The smallest absolute Gasteiger partial charge is 0.243 e. The largest absolute Gasteiger partial charge is 0.355 e. The number of nitrogens with zero attached hydrogens (tertiary/aromatic N) is 1. The van der Waals surface area contributed by atoms with Gasteiger partial charge in [0.15, 0.2) is 0 Å². The number of carbonyl (C=O) groups excluding carboxylic acids is 2. The highest BCUT2D eigenvalue weighted by molar-refractivity contribution is 9.10. The summed E-state index contributed by atoms with van der Waals surface area (Å²) < 4.78 is 0.969. The van der Waals surface area contributed by atoms with Gasteiger partial charge in [-0.25, -0.2) is 0 Å². The van der Waals surface area contributed by atoms with Crippen LogP contribution in [0, 0.1) is 0 Å². The van der Waals surface area contributed by atoms with Crippen molar-refractivity contribution in [3.05, 3.63) is 142 Å². The van der Waals surface area contributed by atoms with Crippen molar-refractivity contribution in [2.45, 2.75) is 38.3 Å². The van der Waals surface area contributed by atoms with E-state index in [2.05, 4.69) is 45.5 Å². The lowest BCUT2D eigenvalue weighted by Gasteiger charge is -2.33. The summed E-state index contributed by atoms with van der Waals surface area (Å²) in [6.07, 6.45) is 0.700. The van der Waals surface area contributed by atoms with Crippen molar-refractivity contribution in [2.24, 2.45) is 0 Å². The zero-order chi connectivity index (χ0) is 26.7. The Morgan fingerprint density at radius 1 is 0.737 bits per heavy atom. The standard InChI is InChI=1S/C33H33BrN2O2/c1-2-35-33(38)31(22-25-12-6-3-7-13-25)36(24-26-18-20-29(34)21-19-26)32(37)23-30(27-14-8-4-9-15-27)28-16-10-5-11-17-28/h3-21,30-31H,2,22-24H2,1H3,(H,35,38). The SMILES string of the molecule is CCNC(=O)C(Cc1ccccc1)N(Cc1ccc(Br)cc1)C(=O)CC(c1ccccc1)c1ccccc1. The van der Waals surface area contributed by atoms with Crippen LogP contribution in [0.5, 0.6) is 0 Å². The second-order valence-electron chi connectivity index (χ2n) is 9.33. The zero-order valence-electron chi connectivity index (χ0n) is 21.6. The molecule has 1 atom stereocenters. The van der Waals surface area contributed by atoms with Crippen LogP contribution in [0.2, 0.25) is 0 Å². The summed E-state index contributed by atoms with van der Waals surface area (Å²) in [5, 5.41) is 2.97. The summed E-state index contributed by atoms with van der Waals surface area (Å²) in [5.74, 6) is -0.320. The van der Waals surface area contributed by atoms with Crippen LogP contribution in [-0.4, -0.2) is 29.3 Å². The van der Waals surface area contributed by atoms with Gasteiger partial charge in [-0.05, 0) is 41.3 Å². The summed E-state index contributed by atoms with van der Waals surface area (Å²) in [7, 11) is 0. The van der Waals surface area contributed by atoms with Crippen LogP contribution in [0.15, 0.2) is 120 Å². The monoisotopic (exact) mass is 568 g/mol. The van der Waals surface area contributed by atoms with E-state index in [1.807, 2.05) is 97.9 Å². The van der Waals surface area contributed by atoms with Gasteiger partial charge in [0, 0.05) is 36.3 Å². The fraction of sp³-hybridized carbons (Fsp3) is 0.212. The molecule has 4 aromatic carbocycles. The number of likely N-dealkylation sites (N-methyl/N-ethyl adjacent to an activating group) is 1.